The number of hydrogen-bond acceptors (Lipinski definition) is 4. The van der Waals surface area contributed by atoms with E-state index in [9.17, 15) is 4.39 Å². The van der Waals surface area contributed by atoms with Crippen molar-refractivity contribution in [2.45, 2.75) is 39.2 Å². The SMILES string of the molecule is CCCN1CCC(CN=C(NCC)NC2CCN(c3ncccc3F)C2)C1. The first-order valence-corrected chi connectivity index (χ1v) is 10.3. The lowest BCUT2D eigenvalue weighted by Gasteiger charge is -2.20. The Hall–Kier alpha value is -1.89. The minimum atomic E-state index is -0.253. The molecule has 0 spiro atoms. The number of aromatic nitrogens is 1. The van der Waals surface area contributed by atoms with Crippen molar-refractivity contribution in [3.8, 4) is 0 Å². The van der Waals surface area contributed by atoms with Gasteiger partial charge in [0.15, 0.2) is 17.6 Å². The maximum absolute atomic E-state index is 14.0. The van der Waals surface area contributed by atoms with E-state index in [4.69, 9.17) is 4.99 Å². The molecule has 3 heterocycles. The zero-order valence-corrected chi connectivity index (χ0v) is 16.6. The Morgan fingerprint density at radius 2 is 2.19 bits per heavy atom. The zero-order valence-electron chi connectivity index (χ0n) is 16.6. The molecule has 2 atom stereocenters. The molecule has 2 aliphatic heterocycles. The molecule has 2 unspecified atom stereocenters. The highest BCUT2D eigenvalue weighted by Crippen LogP contribution is 2.21. The fourth-order valence-electron chi connectivity index (χ4n) is 4.00. The number of pyridine rings is 1. The van der Waals surface area contributed by atoms with Crippen molar-refractivity contribution in [1.82, 2.24) is 20.5 Å². The molecule has 0 aromatic carbocycles. The summed E-state index contributed by atoms with van der Waals surface area (Å²) in [6.45, 7) is 11.1. The maximum Gasteiger partial charge on any atom is 0.191 e. The molecular formula is C20H33FN6. The smallest absolute Gasteiger partial charge is 0.191 e. The number of nitrogens with zero attached hydrogens (tertiary/aromatic N) is 4. The summed E-state index contributed by atoms with van der Waals surface area (Å²) in [5, 5.41) is 6.88. The van der Waals surface area contributed by atoms with Crippen LogP contribution in [0.3, 0.4) is 0 Å². The van der Waals surface area contributed by atoms with Crippen molar-refractivity contribution in [2.24, 2.45) is 10.9 Å². The monoisotopic (exact) mass is 376 g/mol. The van der Waals surface area contributed by atoms with Crippen LogP contribution >= 0.6 is 0 Å². The van der Waals surface area contributed by atoms with Crippen LogP contribution in [0.1, 0.15) is 33.1 Å². The molecule has 0 aliphatic carbocycles. The third-order valence-corrected chi connectivity index (χ3v) is 5.33. The van der Waals surface area contributed by atoms with Gasteiger partial charge in [-0.15, -0.1) is 0 Å². The molecule has 0 radical (unpaired) electrons. The third-order valence-electron chi connectivity index (χ3n) is 5.33. The van der Waals surface area contributed by atoms with Gasteiger partial charge < -0.3 is 20.4 Å². The lowest BCUT2D eigenvalue weighted by atomic mass is 10.1. The summed E-state index contributed by atoms with van der Waals surface area (Å²) < 4.78 is 14.0. The van der Waals surface area contributed by atoms with Crippen molar-refractivity contribution in [1.29, 1.82) is 0 Å². The predicted octanol–water partition coefficient (Wildman–Crippen LogP) is 2.09. The quantitative estimate of drug-likeness (QED) is 0.564. The van der Waals surface area contributed by atoms with Gasteiger partial charge in [0.05, 0.1) is 0 Å². The first-order valence-electron chi connectivity index (χ1n) is 10.3. The number of hydrogen-bond donors (Lipinski definition) is 2. The fraction of sp³-hybridized carbons (Fsp3) is 0.700. The summed E-state index contributed by atoms with van der Waals surface area (Å²) in [5.41, 5.74) is 0. The van der Waals surface area contributed by atoms with E-state index in [1.165, 1.54) is 32.0 Å². The Kier molecular flexibility index (Phi) is 7.26. The molecule has 2 saturated heterocycles. The van der Waals surface area contributed by atoms with Crippen molar-refractivity contribution in [3.63, 3.8) is 0 Å². The van der Waals surface area contributed by atoms with E-state index in [-0.39, 0.29) is 11.9 Å². The summed E-state index contributed by atoms with van der Waals surface area (Å²) in [7, 11) is 0. The van der Waals surface area contributed by atoms with Gasteiger partial charge in [0.2, 0.25) is 0 Å². The van der Waals surface area contributed by atoms with E-state index in [0.29, 0.717) is 11.7 Å². The first-order chi connectivity index (χ1) is 13.2. The highest BCUT2D eigenvalue weighted by molar-refractivity contribution is 5.80. The second kappa shape index (κ2) is 9.88. The molecule has 1 aromatic heterocycles. The van der Waals surface area contributed by atoms with Crippen molar-refractivity contribution in [3.05, 3.63) is 24.1 Å². The van der Waals surface area contributed by atoms with E-state index in [2.05, 4.69) is 34.4 Å². The van der Waals surface area contributed by atoms with Gasteiger partial charge in [0, 0.05) is 45.0 Å². The first kappa shape index (κ1) is 19.9. The molecule has 7 heteroatoms. The molecule has 0 bridgehead atoms. The van der Waals surface area contributed by atoms with Crippen molar-refractivity contribution < 1.29 is 4.39 Å². The molecular weight excluding hydrogens is 343 g/mol. The van der Waals surface area contributed by atoms with Gasteiger partial charge in [-0.2, -0.15) is 0 Å². The Bertz CT molecular complexity index is 622. The van der Waals surface area contributed by atoms with Crippen LogP contribution in [0.2, 0.25) is 0 Å². The summed E-state index contributed by atoms with van der Waals surface area (Å²) in [4.78, 5) is 13.6. The molecule has 1 aromatic rings. The summed E-state index contributed by atoms with van der Waals surface area (Å²) >= 11 is 0. The van der Waals surface area contributed by atoms with E-state index < -0.39 is 0 Å². The van der Waals surface area contributed by atoms with Crippen LogP contribution in [0, 0.1) is 11.7 Å². The van der Waals surface area contributed by atoms with Gasteiger partial charge in [0.25, 0.3) is 0 Å². The molecule has 27 heavy (non-hydrogen) atoms. The van der Waals surface area contributed by atoms with Crippen LogP contribution < -0.4 is 15.5 Å². The average Bonchev–Trinajstić information content (AvgIpc) is 3.30. The summed E-state index contributed by atoms with van der Waals surface area (Å²) in [6.07, 6.45) is 5.05. The van der Waals surface area contributed by atoms with E-state index in [1.54, 1.807) is 12.3 Å². The standard InChI is InChI=1S/C20H33FN6/c1-3-10-26-11-7-16(14-26)13-24-20(22-4-2)25-17-8-12-27(15-17)19-18(21)6-5-9-23-19/h5-6,9,16-17H,3-4,7-8,10-15H2,1-2H3,(H2,22,24,25). The summed E-state index contributed by atoms with van der Waals surface area (Å²) in [6, 6.07) is 3.35. The number of likely N-dealkylation sites (tertiary alicyclic amines) is 1. The topological polar surface area (TPSA) is 55.8 Å². The van der Waals surface area contributed by atoms with Crippen molar-refractivity contribution in [2.75, 3.05) is 50.7 Å². The minimum Gasteiger partial charge on any atom is -0.357 e. The molecule has 2 aliphatic rings. The molecule has 2 N–H and O–H groups in total. The molecule has 0 saturated carbocycles. The zero-order chi connectivity index (χ0) is 19.1. The number of halogens is 1. The maximum atomic E-state index is 14.0. The van der Waals surface area contributed by atoms with Gasteiger partial charge in [-0.1, -0.05) is 6.92 Å². The summed E-state index contributed by atoms with van der Waals surface area (Å²) in [5.74, 6) is 1.72. The Morgan fingerprint density at radius 1 is 1.30 bits per heavy atom. The Balaban J connectivity index is 1.51. The highest BCUT2D eigenvalue weighted by atomic mass is 19.1. The van der Waals surface area contributed by atoms with Crippen LogP contribution in [0.25, 0.3) is 0 Å². The highest BCUT2D eigenvalue weighted by Gasteiger charge is 2.26. The number of guanidine groups is 1. The third kappa shape index (κ3) is 5.54. The van der Waals surface area contributed by atoms with Crippen LogP contribution in [-0.4, -0.2) is 67.7 Å². The largest absolute Gasteiger partial charge is 0.357 e. The molecule has 0 amide bonds. The van der Waals surface area contributed by atoms with Crippen LogP contribution in [-0.2, 0) is 0 Å². The Labute approximate surface area is 162 Å². The van der Waals surface area contributed by atoms with Gasteiger partial charge >= 0.3 is 0 Å². The second-order valence-corrected chi connectivity index (χ2v) is 7.56. The lowest BCUT2D eigenvalue weighted by Crippen LogP contribution is -2.45. The molecule has 6 nitrogen and oxygen atoms in total. The van der Waals surface area contributed by atoms with Gasteiger partial charge in [-0.25, -0.2) is 9.37 Å². The number of anilines is 1. The van der Waals surface area contributed by atoms with E-state index >= 15 is 0 Å². The Morgan fingerprint density at radius 3 is 2.96 bits per heavy atom. The molecule has 150 valence electrons. The number of rotatable bonds is 7. The van der Waals surface area contributed by atoms with Crippen LogP contribution in [0.5, 0.6) is 0 Å². The number of aliphatic imine (C=N–C) groups is 1. The normalized spacial score (nSPS) is 23.8. The van der Waals surface area contributed by atoms with E-state index in [0.717, 1.165) is 45.1 Å². The average molecular weight is 377 g/mol. The van der Waals surface area contributed by atoms with Crippen LogP contribution in [0.4, 0.5) is 10.2 Å². The number of nitrogens with one attached hydrogen (secondary N) is 2. The van der Waals surface area contributed by atoms with Gasteiger partial charge in [0.1, 0.15) is 0 Å². The van der Waals surface area contributed by atoms with Crippen LogP contribution in [0.15, 0.2) is 23.3 Å². The molecule has 3 rings (SSSR count). The van der Waals surface area contributed by atoms with E-state index in [1.807, 2.05) is 4.90 Å². The van der Waals surface area contributed by atoms with Gasteiger partial charge in [-0.3, -0.25) is 4.99 Å². The fourth-order valence-corrected chi connectivity index (χ4v) is 4.00. The van der Waals surface area contributed by atoms with Crippen molar-refractivity contribution >= 4 is 11.8 Å². The van der Waals surface area contributed by atoms with Gasteiger partial charge in [-0.05, 0) is 57.3 Å². The molecule has 2 fully saturated rings. The predicted molar refractivity (Wildman–Crippen MR) is 109 cm³/mol. The lowest BCUT2D eigenvalue weighted by molar-refractivity contribution is 0.326. The minimum absolute atomic E-state index is 0.253. The second-order valence-electron chi connectivity index (χ2n) is 7.56.